The van der Waals surface area contributed by atoms with Gasteiger partial charge in [-0.3, -0.25) is 4.79 Å². The zero-order valence-corrected chi connectivity index (χ0v) is 23.2. The van der Waals surface area contributed by atoms with Gasteiger partial charge in [0.05, 0.1) is 36.0 Å². The van der Waals surface area contributed by atoms with E-state index in [1.165, 1.54) is 4.31 Å². The quantitative estimate of drug-likeness (QED) is 0.343. The summed E-state index contributed by atoms with van der Waals surface area (Å²) in [5.41, 5.74) is 5.73. The summed E-state index contributed by atoms with van der Waals surface area (Å²) in [6, 6.07) is 14.0. The van der Waals surface area contributed by atoms with Crippen LogP contribution in [0.1, 0.15) is 39.8 Å². The molecule has 10 heteroatoms. The third-order valence-electron chi connectivity index (χ3n) is 7.17. The summed E-state index contributed by atoms with van der Waals surface area (Å²) in [5.74, 6) is -0.567. The summed E-state index contributed by atoms with van der Waals surface area (Å²) < 4.78 is 40.4. The number of ether oxygens (including phenoxy) is 2. The molecule has 39 heavy (non-hydrogen) atoms. The number of hydrogen-bond acceptors (Lipinski definition) is 6. The largest absolute Gasteiger partial charge is 0.462 e. The van der Waals surface area contributed by atoms with E-state index >= 15 is 0 Å². The molecule has 1 saturated heterocycles. The maximum atomic E-state index is 13.3. The van der Waals surface area contributed by atoms with Gasteiger partial charge in [0.15, 0.2) is 0 Å². The molecule has 2 aliphatic rings. The number of fused-ring (bicyclic) bond motifs is 1. The molecule has 5 rings (SSSR count). The Hall–Kier alpha value is -3.73. The third-order valence-corrected chi connectivity index (χ3v) is 9.06. The molecule has 0 bridgehead atoms. The van der Waals surface area contributed by atoms with Crippen molar-refractivity contribution in [2.75, 3.05) is 44.9 Å². The number of benzene rings is 2. The van der Waals surface area contributed by atoms with E-state index in [0.29, 0.717) is 55.3 Å². The highest BCUT2D eigenvalue weighted by Gasteiger charge is 2.33. The van der Waals surface area contributed by atoms with Crippen molar-refractivity contribution in [1.29, 1.82) is 0 Å². The Morgan fingerprint density at radius 3 is 2.41 bits per heavy atom. The maximum Gasteiger partial charge on any atom is 0.338 e. The van der Waals surface area contributed by atoms with Crippen LogP contribution >= 0.6 is 0 Å². The molecule has 0 aliphatic carbocycles. The van der Waals surface area contributed by atoms with Gasteiger partial charge < -0.3 is 18.9 Å². The van der Waals surface area contributed by atoms with Crippen LogP contribution < -0.4 is 4.90 Å². The molecule has 1 aromatic heterocycles. The highest BCUT2D eigenvalue weighted by molar-refractivity contribution is 7.89. The molecule has 3 aromatic rings. The maximum absolute atomic E-state index is 13.3. The Morgan fingerprint density at radius 2 is 1.74 bits per heavy atom. The molecule has 0 saturated carbocycles. The molecule has 1 amide bonds. The number of esters is 1. The number of hydrogen-bond donors (Lipinski definition) is 0. The Balaban J connectivity index is 1.52. The molecule has 0 unspecified atom stereocenters. The molecule has 0 atom stereocenters. The molecule has 1 fully saturated rings. The number of carbonyl (C=O) groups excluding carboxylic acids is 2. The first kappa shape index (κ1) is 26.9. The number of amides is 1. The van der Waals surface area contributed by atoms with Gasteiger partial charge in [0.25, 0.3) is 5.91 Å². The first-order chi connectivity index (χ1) is 18.6. The van der Waals surface area contributed by atoms with Crippen molar-refractivity contribution in [3.05, 3.63) is 76.6 Å². The van der Waals surface area contributed by atoms with Crippen LogP contribution in [0.3, 0.4) is 0 Å². The summed E-state index contributed by atoms with van der Waals surface area (Å²) >= 11 is 0. The predicted molar refractivity (Wildman–Crippen MR) is 149 cm³/mol. The number of morpholine rings is 1. The van der Waals surface area contributed by atoms with Gasteiger partial charge in [-0.15, -0.1) is 0 Å². The van der Waals surface area contributed by atoms with Crippen molar-refractivity contribution in [3.63, 3.8) is 0 Å². The molecule has 204 valence electrons. The van der Waals surface area contributed by atoms with Crippen molar-refractivity contribution in [2.45, 2.75) is 25.7 Å². The highest BCUT2D eigenvalue weighted by atomic mass is 32.2. The standard InChI is InChI=1S/C29H31N3O6S/c1-5-38-29(34)21-6-8-23(9-7-21)32-19(2)16-22(20(32)3)17-26-25-18-24(10-11-27(25)30(4)28(26)33)39(35,36)31-12-14-37-15-13-31/h6-11,16-18H,5,12-15H2,1-4H3. The fourth-order valence-electron chi connectivity index (χ4n) is 5.11. The average Bonchev–Trinajstić information content (AvgIpc) is 3.35. The normalized spacial score (nSPS) is 17.1. The molecule has 2 aromatic carbocycles. The number of aryl methyl sites for hydroxylation is 1. The molecule has 9 nitrogen and oxygen atoms in total. The minimum Gasteiger partial charge on any atom is -0.462 e. The van der Waals surface area contributed by atoms with Crippen molar-refractivity contribution in [2.24, 2.45) is 0 Å². The van der Waals surface area contributed by atoms with Crippen LogP contribution in [0.4, 0.5) is 5.69 Å². The smallest absolute Gasteiger partial charge is 0.338 e. The van der Waals surface area contributed by atoms with Gasteiger partial charge in [-0.05, 0) is 80.9 Å². The van der Waals surface area contributed by atoms with E-state index in [2.05, 4.69) is 0 Å². The lowest BCUT2D eigenvalue weighted by Gasteiger charge is -2.26. The Kier molecular flexibility index (Phi) is 7.19. The van der Waals surface area contributed by atoms with E-state index in [1.807, 2.05) is 42.7 Å². The second-order valence-corrected chi connectivity index (χ2v) is 11.5. The molecular weight excluding hydrogens is 518 g/mol. The topological polar surface area (TPSA) is 98.2 Å². The van der Waals surface area contributed by atoms with Crippen LogP contribution in [0.15, 0.2) is 53.4 Å². The molecule has 0 radical (unpaired) electrons. The Morgan fingerprint density at radius 1 is 1.05 bits per heavy atom. The Labute approximate surface area is 228 Å². The van der Waals surface area contributed by atoms with Crippen LogP contribution in [0, 0.1) is 13.8 Å². The molecular formula is C29H31N3O6S. The van der Waals surface area contributed by atoms with Crippen LogP contribution in [0.25, 0.3) is 17.3 Å². The number of nitrogens with zero attached hydrogens (tertiary/aromatic N) is 3. The number of likely N-dealkylation sites (N-methyl/N-ethyl adjacent to an activating group) is 1. The number of sulfonamides is 1. The van der Waals surface area contributed by atoms with E-state index in [-0.39, 0.29) is 16.8 Å². The van der Waals surface area contributed by atoms with Crippen molar-refractivity contribution in [3.8, 4) is 5.69 Å². The van der Waals surface area contributed by atoms with Gasteiger partial charge in [-0.25, -0.2) is 13.2 Å². The highest BCUT2D eigenvalue weighted by Crippen LogP contribution is 2.39. The second-order valence-electron chi connectivity index (χ2n) is 9.55. The lowest BCUT2D eigenvalue weighted by atomic mass is 10.0. The van der Waals surface area contributed by atoms with Gasteiger partial charge in [0.1, 0.15) is 0 Å². The van der Waals surface area contributed by atoms with Crippen LogP contribution in [-0.4, -0.2) is 69.1 Å². The van der Waals surface area contributed by atoms with Crippen LogP contribution in [0.2, 0.25) is 0 Å². The van der Waals surface area contributed by atoms with Crippen LogP contribution in [0.5, 0.6) is 0 Å². The lowest BCUT2D eigenvalue weighted by Crippen LogP contribution is -2.40. The lowest BCUT2D eigenvalue weighted by molar-refractivity contribution is -0.112. The average molecular weight is 550 g/mol. The SMILES string of the molecule is CCOC(=O)c1ccc(-n2c(C)cc(C=C3C(=O)N(C)c4ccc(S(=O)(=O)N5CCOCC5)cc43)c2C)cc1. The van der Waals surface area contributed by atoms with Crippen molar-refractivity contribution < 1.29 is 27.5 Å². The molecule has 0 N–H and O–H groups in total. The Bertz CT molecular complexity index is 1580. The summed E-state index contributed by atoms with van der Waals surface area (Å²) in [5, 5.41) is 0. The van der Waals surface area contributed by atoms with Gasteiger partial charge in [0, 0.05) is 48.3 Å². The molecule has 3 heterocycles. The minimum atomic E-state index is -3.72. The fraction of sp³-hybridized carbons (Fsp3) is 0.310. The van der Waals surface area contributed by atoms with E-state index in [9.17, 15) is 18.0 Å². The van der Waals surface area contributed by atoms with E-state index in [4.69, 9.17) is 9.47 Å². The first-order valence-electron chi connectivity index (χ1n) is 12.8. The minimum absolute atomic E-state index is 0.157. The number of carbonyl (C=O) groups is 2. The number of anilines is 1. The van der Waals surface area contributed by atoms with E-state index in [1.54, 1.807) is 49.2 Å². The third kappa shape index (κ3) is 4.80. The van der Waals surface area contributed by atoms with Gasteiger partial charge in [0.2, 0.25) is 10.0 Å². The van der Waals surface area contributed by atoms with Gasteiger partial charge in [-0.2, -0.15) is 4.31 Å². The van der Waals surface area contributed by atoms with E-state index < -0.39 is 10.0 Å². The number of rotatable bonds is 6. The second kappa shape index (κ2) is 10.4. The summed E-state index contributed by atoms with van der Waals surface area (Å²) in [6.45, 7) is 7.33. The first-order valence-corrected chi connectivity index (χ1v) is 14.3. The zero-order chi connectivity index (χ0) is 27.9. The van der Waals surface area contributed by atoms with E-state index in [0.717, 1.165) is 22.6 Å². The summed E-state index contributed by atoms with van der Waals surface area (Å²) in [4.78, 5) is 27.0. The number of aromatic nitrogens is 1. The van der Waals surface area contributed by atoms with Gasteiger partial charge >= 0.3 is 5.97 Å². The fourth-order valence-corrected chi connectivity index (χ4v) is 6.55. The van der Waals surface area contributed by atoms with Crippen molar-refractivity contribution in [1.82, 2.24) is 8.87 Å². The molecule has 2 aliphatic heterocycles. The zero-order valence-electron chi connectivity index (χ0n) is 22.4. The van der Waals surface area contributed by atoms with Gasteiger partial charge in [-0.1, -0.05) is 0 Å². The predicted octanol–water partition coefficient (Wildman–Crippen LogP) is 3.81. The summed E-state index contributed by atoms with van der Waals surface area (Å²) in [7, 11) is -2.03. The monoisotopic (exact) mass is 549 g/mol. The van der Waals surface area contributed by atoms with Crippen LogP contribution in [-0.2, 0) is 24.3 Å². The van der Waals surface area contributed by atoms with Crippen molar-refractivity contribution >= 4 is 39.2 Å². The summed E-state index contributed by atoms with van der Waals surface area (Å²) in [6.07, 6.45) is 1.82. The molecule has 0 spiro atoms.